The highest BCUT2D eigenvalue weighted by Crippen LogP contribution is 2.23. The van der Waals surface area contributed by atoms with Crippen LogP contribution in [0.4, 0.5) is 21.9 Å². The van der Waals surface area contributed by atoms with Gasteiger partial charge in [0.1, 0.15) is 0 Å². The lowest BCUT2D eigenvalue weighted by atomic mass is 10.2. The van der Waals surface area contributed by atoms with Crippen LogP contribution in [-0.2, 0) is 6.54 Å². The number of benzene rings is 3. The molecule has 142 valence electrons. The van der Waals surface area contributed by atoms with E-state index in [0.717, 1.165) is 30.0 Å². The van der Waals surface area contributed by atoms with Gasteiger partial charge in [-0.3, -0.25) is 4.90 Å². The van der Waals surface area contributed by atoms with Crippen LogP contribution in [-0.4, -0.2) is 19.1 Å². The Bertz CT molecular complexity index is 888. The van der Waals surface area contributed by atoms with Crippen LogP contribution in [0.25, 0.3) is 0 Å². The van der Waals surface area contributed by atoms with Gasteiger partial charge in [-0.2, -0.15) is 0 Å². The van der Waals surface area contributed by atoms with Gasteiger partial charge in [0.15, 0.2) is 0 Å². The highest BCUT2D eigenvalue weighted by molar-refractivity contribution is 6.01. The van der Waals surface area contributed by atoms with Crippen LogP contribution in [0.3, 0.4) is 0 Å². The monoisotopic (exact) mass is 371 g/mol. The molecular weight excluding hydrogens is 346 g/mol. The summed E-state index contributed by atoms with van der Waals surface area (Å²) < 4.78 is 0. The van der Waals surface area contributed by atoms with Gasteiger partial charge in [0.05, 0.1) is 6.54 Å². The normalized spacial score (nSPS) is 13.4. The molecule has 0 atom stereocenters. The number of carbonyl (C=O) groups is 1. The van der Waals surface area contributed by atoms with Crippen molar-refractivity contribution in [3.8, 4) is 0 Å². The maximum absolute atomic E-state index is 13.1. The number of carbonyl (C=O) groups excluding carboxylic acids is 1. The summed E-state index contributed by atoms with van der Waals surface area (Å²) in [7, 11) is 0. The highest BCUT2D eigenvalue weighted by Gasteiger charge is 2.17. The topological polar surface area (TPSA) is 35.6 Å². The predicted octanol–water partition coefficient (Wildman–Crippen LogP) is 5.53. The van der Waals surface area contributed by atoms with Crippen molar-refractivity contribution in [2.75, 3.05) is 28.2 Å². The van der Waals surface area contributed by atoms with Crippen molar-refractivity contribution in [2.24, 2.45) is 0 Å². The number of anilines is 3. The Morgan fingerprint density at radius 1 is 0.821 bits per heavy atom. The molecular formula is C24H25N3O. The van der Waals surface area contributed by atoms with Gasteiger partial charge in [-0.05, 0) is 54.8 Å². The van der Waals surface area contributed by atoms with E-state index < -0.39 is 0 Å². The summed E-state index contributed by atoms with van der Waals surface area (Å²) in [5.74, 6) is 0. The summed E-state index contributed by atoms with van der Waals surface area (Å²) in [6.45, 7) is 2.75. The summed E-state index contributed by atoms with van der Waals surface area (Å²) in [5, 5.41) is 3.05. The summed E-state index contributed by atoms with van der Waals surface area (Å²) in [5.41, 5.74) is 3.99. The minimum absolute atomic E-state index is 0.135. The molecule has 0 radical (unpaired) electrons. The SMILES string of the molecule is O=C(Nc1ccc(N2CCCC2)cc1)N(Cc1ccccc1)c1ccccc1. The lowest BCUT2D eigenvalue weighted by Crippen LogP contribution is -2.34. The van der Waals surface area contributed by atoms with Crippen molar-refractivity contribution in [3.63, 3.8) is 0 Å². The van der Waals surface area contributed by atoms with E-state index in [4.69, 9.17) is 0 Å². The number of para-hydroxylation sites is 1. The average molecular weight is 371 g/mol. The van der Waals surface area contributed by atoms with Crippen LogP contribution < -0.4 is 15.1 Å². The lowest BCUT2D eigenvalue weighted by Gasteiger charge is -2.24. The van der Waals surface area contributed by atoms with Crippen LogP contribution in [0.1, 0.15) is 18.4 Å². The molecule has 0 unspecified atom stereocenters. The van der Waals surface area contributed by atoms with Crippen molar-refractivity contribution in [2.45, 2.75) is 19.4 Å². The number of amides is 2. The fourth-order valence-corrected chi connectivity index (χ4v) is 3.58. The summed E-state index contributed by atoms with van der Waals surface area (Å²) in [4.78, 5) is 17.2. The number of nitrogens with zero attached hydrogens (tertiary/aromatic N) is 2. The van der Waals surface area contributed by atoms with E-state index in [1.807, 2.05) is 72.8 Å². The molecule has 1 heterocycles. The van der Waals surface area contributed by atoms with Crippen molar-refractivity contribution < 1.29 is 4.79 Å². The van der Waals surface area contributed by atoms with E-state index in [2.05, 4.69) is 22.3 Å². The molecule has 4 rings (SSSR count). The predicted molar refractivity (Wildman–Crippen MR) is 116 cm³/mol. The summed E-state index contributed by atoms with van der Waals surface area (Å²) in [6.07, 6.45) is 2.51. The lowest BCUT2D eigenvalue weighted by molar-refractivity contribution is 0.256. The minimum atomic E-state index is -0.135. The largest absolute Gasteiger partial charge is 0.372 e. The zero-order chi connectivity index (χ0) is 19.2. The van der Waals surface area contributed by atoms with E-state index in [0.29, 0.717) is 6.54 Å². The molecule has 1 aliphatic rings. The molecule has 3 aromatic rings. The molecule has 0 aliphatic carbocycles. The fourth-order valence-electron chi connectivity index (χ4n) is 3.58. The number of urea groups is 1. The summed E-state index contributed by atoms with van der Waals surface area (Å²) >= 11 is 0. The van der Waals surface area contributed by atoms with E-state index >= 15 is 0 Å². The molecule has 1 aliphatic heterocycles. The Kier molecular flexibility index (Phi) is 5.57. The first kappa shape index (κ1) is 18.1. The van der Waals surface area contributed by atoms with Crippen LogP contribution in [0.5, 0.6) is 0 Å². The first-order chi connectivity index (χ1) is 13.8. The highest BCUT2D eigenvalue weighted by atomic mass is 16.2. The van der Waals surface area contributed by atoms with E-state index in [9.17, 15) is 4.79 Å². The average Bonchev–Trinajstić information content (AvgIpc) is 3.29. The first-order valence-corrected chi connectivity index (χ1v) is 9.82. The fraction of sp³-hybridized carbons (Fsp3) is 0.208. The molecule has 1 saturated heterocycles. The van der Waals surface area contributed by atoms with Crippen LogP contribution in [0.15, 0.2) is 84.9 Å². The van der Waals surface area contributed by atoms with Crippen molar-refractivity contribution in [3.05, 3.63) is 90.5 Å². The Hall–Kier alpha value is -3.27. The third kappa shape index (κ3) is 4.34. The van der Waals surface area contributed by atoms with Gasteiger partial charge in [-0.15, -0.1) is 0 Å². The zero-order valence-electron chi connectivity index (χ0n) is 15.9. The molecule has 0 aromatic heterocycles. The molecule has 4 nitrogen and oxygen atoms in total. The molecule has 0 saturated carbocycles. The second kappa shape index (κ2) is 8.61. The van der Waals surface area contributed by atoms with Gasteiger partial charge in [0.25, 0.3) is 0 Å². The molecule has 4 heteroatoms. The van der Waals surface area contributed by atoms with Gasteiger partial charge >= 0.3 is 6.03 Å². The minimum Gasteiger partial charge on any atom is -0.372 e. The molecule has 1 fully saturated rings. The van der Waals surface area contributed by atoms with E-state index in [1.54, 1.807) is 4.90 Å². The van der Waals surface area contributed by atoms with Gasteiger partial charge in [0, 0.05) is 30.2 Å². The van der Waals surface area contributed by atoms with Crippen molar-refractivity contribution in [1.82, 2.24) is 0 Å². The Morgan fingerprint density at radius 3 is 2.07 bits per heavy atom. The smallest absolute Gasteiger partial charge is 0.326 e. The maximum Gasteiger partial charge on any atom is 0.326 e. The third-order valence-corrected chi connectivity index (χ3v) is 5.09. The molecule has 3 aromatic carbocycles. The van der Waals surface area contributed by atoms with Gasteiger partial charge in [-0.1, -0.05) is 48.5 Å². The molecule has 0 bridgehead atoms. The third-order valence-electron chi connectivity index (χ3n) is 5.09. The summed E-state index contributed by atoms with van der Waals surface area (Å²) in [6, 6.07) is 27.8. The van der Waals surface area contributed by atoms with Gasteiger partial charge in [0.2, 0.25) is 0 Å². The molecule has 28 heavy (non-hydrogen) atoms. The Morgan fingerprint density at radius 2 is 1.43 bits per heavy atom. The quantitative estimate of drug-likeness (QED) is 0.640. The second-order valence-corrected chi connectivity index (χ2v) is 7.08. The first-order valence-electron chi connectivity index (χ1n) is 9.82. The van der Waals surface area contributed by atoms with Crippen LogP contribution in [0, 0.1) is 0 Å². The number of rotatable bonds is 5. The molecule has 2 amide bonds. The van der Waals surface area contributed by atoms with Crippen LogP contribution in [0.2, 0.25) is 0 Å². The Balaban J connectivity index is 1.50. The van der Waals surface area contributed by atoms with Crippen molar-refractivity contribution >= 4 is 23.1 Å². The van der Waals surface area contributed by atoms with Crippen molar-refractivity contribution in [1.29, 1.82) is 0 Å². The molecule has 1 N–H and O–H groups in total. The number of hydrogen-bond donors (Lipinski definition) is 1. The Labute approximate surface area is 166 Å². The number of hydrogen-bond acceptors (Lipinski definition) is 2. The van der Waals surface area contributed by atoms with Gasteiger partial charge < -0.3 is 10.2 Å². The maximum atomic E-state index is 13.1. The van der Waals surface area contributed by atoms with E-state index in [-0.39, 0.29) is 6.03 Å². The van der Waals surface area contributed by atoms with Gasteiger partial charge in [-0.25, -0.2) is 4.79 Å². The second-order valence-electron chi connectivity index (χ2n) is 7.08. The number of nitrogens with one attached hydrogen (secondary N) is 1. The standard InChI is InChI=1S/C24H25N3O/c28-24(25-21-13-15-22(16-14-21)26-17-7-8-18-26)27(23-11-5-2-6-12-23)19-20-9-3-1-4-10-20/h1-6,9-16H,7-8,17-19H2,(H,25,28). The van der Waals surface area contributed by atoms with Crippen LogP contribution >= 0.6 is 0 Å². The molecule has 0 spiro atoms. The zero-order valence-corrected chi connectivity index (χ0v) is 15.9. The van der Waals surface area contributed by atoms with E-state index in [1.165, 1.54) is 18.5 Å².